The summed E-state index contributed by atoms with van der Waals surface area (Å²) in [5.41, 5.74) is 2.27. The lowest BCUT2D eigenvalue weighted by molar-refractivity contribution is 0.636. The van der Waals surface area contributed by atoms with E-state index in [4.69, 9.17) is 0 Å². The molecule has 1 aromatic heterocycles. The maximum Gasteiger partial charge on any atom is 0.132 e. The Hall–Kier alpha value is -1.31. The van der Waals surface area contributed by atoms with E-state index in [1.807, 2.05) is 13.0 Å². The Kier molecular flexibility index (Phi) is 2.53. The third-order valence-corrected chi connectivity index (χ3v) is 2.63. The lowest BCUT2D eigenvalue weighted by atomic mass is 10.1. The average Bonchev–Trinajstić information content (AvgIpc) is 2.18. The second-order valence-electron chi connectivity index (χ2n) is 3.81. The highest BCUT2D eigenvalue weighted by atomic mass is 15.2. The summed E-state index contributed by atoms with van der Waals surface area (Å²) in [5.74, 6) is 1.05. The predicted octanol–water partition coefficient (Wildman–Crippen LogP) is 2.89. The number of allylic oxidation sites excluding steroid dienone is 1. The Morgan fingerprint density at radius 3 is 2.93 bits per heavy atom. The Morgan fingerprint density at radius 1 is 1.36 bits per heavy atom. The molecule has 0 radical (unpaired) electrons. The van der Waals surface area contributed by atoms with Crippen LogP contribution in [0.2, 0.25) is 0 Å². The third-order valence-electron chi connectivity index (χ3n) is 2.63. The number of hydrogen-bond acceptors (Lipinski definition) is 2. The van der Waals surface area contributed by atoms with Gasteiger partial charge < -0.3 is 4.90 Å². The first-order valence-electron chi connectivity index (χ1n) is 5.16. The molecular formula is C12H16N2. The summed E-state index contributed by atoms with van der Waals surface area (Å²) >= 11 is 0. The second kappa shape index (κ2) is 3.82. The summed E-state index contributed by atoms with van der Waals surface area (Å²) in [7, 11) is 0. The van der Waals surface area contributed by atoms with E-state index in [1.54, 1.807) is 0 Å². The van der Waals surface area contributed by atoms with E-state index in [2.05, 4.69) is 28.6 Å². The van der Waals surface area contributed by atoms with Crippen molar-refractivity contribution in [2.45, 2.75) is 26.2 Å². The van der Waals surface area contributed by atoms with Gasteiger partial charge in [0.25, 0.3) is 0 Å². The number of hydrogen-bond donors (Lipinski definition) is 0. The molecule has 0 unspecified atom stereocenters. The van der Waals surface area contributed by atoms with Crippen molar-refractivity contribution in [1.82, 2.24) is 4.98 Å². The summed E-state index contributed by atoms with van der Waals surface area (Å²) in [6, 6.07) is 6.14. The molecule has 1 saturated heterocycles. The number of anilines is 1. The second-order valence-corrected chi connectivity index (χ2v) is 3.81. The smallest absolute Gasteiger partial charge is 0.132 e. The van der Waals surface area contributed by atoms with Gasteiger partial charge >= 0.3 is 0 Å². The van der Waals surface area contributed by atoms with E-state index in [0.717, 1.165) is 24.5 Å². The van der Waals surface area contributed by atoms with E-state index in [0.29, 0.717) is 0 Å². The fourth-order valence-electron chi connectivity index (χ4n) is 1.85. The van der Waals surface area contributed by atoms with Crippen molar-refractivity contribution in [1.29, 1.82) is 0 Å². The molecule has 0 atom stereocenters. The molecule has 1 aliphatic rings. The van der Waals surface area contributed by atoms with E-state index in [-0.39, 0.29) is 0 Å². The van der Waals surface area contributed by atoms with Gasteiger partial charge in [-0.1, -0.05) is 12.6 Å². The Bertz CT molecular complexity index is 344. The van der Waals surface area contributed by atoms with Crippen LogP contribution < -0.4 is 4.90 Å². The molecule has 2 heterocycles. The van der Waals surface area contributed by atoms with Gasteiger partial charge in [-0.15, -0.1) is 0 Å². The van der Waals surface area contributed by atoms with Gasteiger partial charge in [0.1, 0.15) is 5.82 Å². The summed E-state index contributed by atoms with van der Waals surface area (Å²) in [6.07, 6.45) is 3.62. The maximum atomic E-state index is 4.51. The minimum Gasteiger partial charge on any atom is -0.331 e. The molecule has 0 aromatic carbocycles. The van der Waals surface area contributed by atoms with E-state index in [9.17, 15) is 0 Å². The highest BCUT2D eigenvalue weighted by Crippen LogP contribution is 2.24. The Labute approximate surface area is 85.3 Å². The molecule has 2 heteroatoms. The molecule has 0 amide bonds. The quantitative estimate of drug-likeness (QED) is 0.673. The average molecular weight is 188 g/mol. The summed E-state index contributed by atoms with van der Waals surface area (Å²) in [6.45, 7) is 7.18. The minimum atomic E-state index is 1.05. The van der Waals surface area contributed by atoms with Crippen LogP contribution in [0, 0.1) is 6.92 Å². The first-order chi connectivity index (χ1) is 6.77. The van der Waals surface area contributed by atoms with Gasteiger partial charge in [-0.3, -0.25) is 0 Å². The van der Waals surface area contributed by atoms with Crippen molar-refractivity contribution in [2.24, 2.45) is 0 Å². The van der Waals surface area contributed by atoms with Crippen LogP contribution in [0.25, 0.3) is 0 Å². The molecule has 0 aliphatic carbocycles. The van der Waals surface area contributed by atoms with Crippen LogP contribution in [-0.2, 0) is 0 Å². The SMILES string of the molecule is C=C1CCCCN1c1cccc(C)n1. The molecule has 0 bridgehead atoms. The van der Waals surface area contributed by atoms with Gasteiger partial charge in [-0.25, -0.2) is 4.98 Å². The highest BCUT2D eigenvalue weighted by molar-refractivity contribution is 5.46. The van der Waals surface area contributed by atoms with Crippen LogP contribution in [0.1, 0.15) is 25.0 Å². The number of piperidine rings is 1. The van der Waals surface area contributed by atoms with Crippen molar-refractivity contribution in [3.63, 3.8) is 0 Å². The standard InChI is InChI=1S/C12H16N2/c1-10-6-5-8-12(13-10)14-9-4-3-7-11(14)2/h5-6,8H,2-4,7,9H2,1H3. The molecule has 1 aromatic rings. The molecule has 1 fully saturated rings. The first kappa shape index (κ1) is 9.25. The maximum absolute atomic E-state index is 4.51. The Morgan fingerprint density at radius 2 is 2.21 bits per heavy atom. The fourth-order valence-corrected chi connectivity index (χ4v) is 1.85. The molecule has 1 aliphatic heterocycles. The highest BCUT2D eigenvalue weighted by Gasteiger charge is 2.15. The first-order valence-corrected chi connectivity index (χ1v) is 5.16. The summed E-state index contributed by atoms with van der Waals surface area (Å²) in [4.78, 5) is 6.74. The van der Waals surface area contributed by atoms with Gasteiger partial charge in [0, 0.05) is 17.9 Å². The van der Waals surface area contributed by atoms with Gasteiger partial charge in [-0.2, -0.15) is 0 Å². The van der Waals surface area contributed by atoms with Gasteiger partial charge in [0.15, 0.2) is 0 Å². The number of nitrogens with zero attached hydrogens (tertiary/aromatic N) is 2. The number of rotatable bonds is 1. The molecule has 0 N–H and O–H groups in total. The van der Waals surface area contributed by atoms with Gasteiger partial charge in [-0.05, 0) is 38.3 Å². The number of aryl methyl sites for hydroxylation is 1. The van der Waals surface area contributed by atoms with Crippen LogP contribution in [0.15, 0.2) is 30.5 Å². The summed E-state index contributed by atoms with van der Waals surface area (Å²) in [5, 5.41) is 0. The van der Waals surface area contributed by atoms with Crippen molar-refractivity contribution < 1.29 is 0 Å². The minimum absolute atomic E-state index is 1.05. The van der Waals surface area contributed by atoms with Crippen LogP contribution in [0.4, 0.5) is 5.82 Å². The molecule has 14 heavy (non-hydrogen) atoms. The lowest BCUT2D eigenvalue weighted by Crippen LogP contribution is -2.27. The van der Waals surface area contributed by atoms with Crippen LogP contribution in [-0.4, -0.2) is 11.5 Å². The van der Waals surface area contributed by atoms with Crippen molar-refractivity contribution in [3.8, 4) is 0 Å². The van der Waals surface area contributed by atoms with Crippen LogP contribution >= 0.6 is 0 Å². The normalized spacial score (nSPS) is 17.2. The third kappa shape index (κ3) is 1.79. The van der Waals surface area contributed by atoms with E-state index >= 15 is 0 Å². The molecule has 2 nitrogen and oxygen atoms in total. The van der Waals surface area contributed by atoms with Crippen LogP contribution in [0.5, 0.6) is 0 Å². The zero-order chi connectivity index (χ0) is 9.97. The monoisotopic (exact) mass is 188 g/mol. The van der Waals surface area contributed by atoms with Gasteiger partial charge in [0.05, 0.1) is 0 Å². The van der Waals surface area contributed by atoms with Gasteiger partial charge in [0.2, 0.25) is 0 Å². The molecule has 0 spiro atoms. The largest absolute Gasteiger partial charge is 0.331 e. The molecule has 74 valence electrons. The van der Waals surface area contributed by atoms with Crippen molar-refractivity contribution in [3.05, 3.63) is 36.2 Å². The number of aromatic nitrogens is 1. The fraction of sp³-hybridized carbons (Fsp3) is 0.417. The lowest BCUT2D eigenvalue weighted by Gasteiger charge is -2.30. The molecule has 0 saturated carbocycles. The van der Waals surface area contributed by atoms with E-state index in [1.165, 1.54) is 18.5 Å². The van der Waals surface area contributed by atoms with Crippen LogP contribution in [0.3, 0.4) is 0 Å². The van der Waals surface area contributed by atoms with E-state index < -0.39 is 0 Å². The van der Waals surface area contributed by atoms with Crippen molar-refractivity contribution in [2.75, 3.05) is 11.4 Å². The number of pyridine rings is 1. The molecule has 2 rings (SSSR count). The van der Waals surface area contributed by atoms with Crippen molar-refractivity contribution >= 4 is 5.82 Å². The zero-order valence-electron chi connectivity index (χ0n) is 8.66. The molecular weight excluding hydrogens is 172 g/mol. The zero-order valence-corrected chi connectivity index (χ0v) is 8.66. The summed E-state index contributed by atoms with van der Waals surface area (Å²) < 4.78 is 0. The topological polar surface area (TPSA) is 16.1 Å². The predicted molar refractivity (Wildman–Crippen MR) is 59.3 cm³/mol. The Balaban J connectivity index is 2.24.